The number of carbonyl (C=O) groups excluding carboxylic acids is 1. The Hall–Kier alpha value is -1.72. The van der Waals surface area contributed by atoms with Crippen molar-refractivity contribution < 1.29 is 4.79 Å². The fourth-order valence-electron chi connectivity index (χ4n) is 3.75. The van der Waals surface area contributed by atoms with Crippen molar-refractivity contribution in [1.29, 1.82) is 0 Å². The third kappa shape index (κ3) is 2.66. The van der Waals surface area contributed by atoms with Crippen molar-refractivity contribution in [1.82, 2.24) is 25.5 Å². The Kier molecular flexibility index (Phi) is 3.78. The second kappa shape index (κ2) is 5.48. The van der Waals surface area contributed by atoms with E-state index in [9.17, 15) is 4.79 Å². The largest absolute Gasteiger partial charge is 0.342 e. The Morgan fingerprint density at radius 2 is 2.18 bits per heavy atom. The predicted octanol–water partition coefficient (Wildman–Crippen LogP) is 2.14. The Morgan fingerprint density at radius 3 is 2.82 bits per heavy atom. The number of piperidine rings is 1. The van der Waals surface area contributed by atoms with E-state index in [4.69, 9.17) is 0 Å². The number of tetrazole rings is 1. The molecule has 0 radical (unpaired) electrons. The number of allylic oxidation sites excluding steroid dienone is 2. The summed E-state index contributed by atoms with van der Waals surface area (Å²) in [5.74, 6) is 1.72. The fourth-order valence-corrected chi connectivity index (χ4v) is 3.75. The van der Waals surface area contributed by atoms with Crippen LogP contribution >= 0.6 is 0 Å². The van der Waals surface area contributed by atoms with E-state index in [2.05, 4.69) is 54.4 Å². The average Bonchev–Trinajstić information content (AvgIpc) is 2.87. The second-order valence-corrected chi connectivity index (χ2v) is 7.46. The van der Waals surface area contributed by atoms with E-state index in [-0.39, 0.29) is 17.3 Å². The molecule has 1 aromatic rings. The topological polar surface area (TPSA) is 74.8 Å². The van der Waals surface area contributed by atoms with E-state index in [0.29, 0.717) is 18.4 Å². The second-order valence-electron chi connectivity index (χ2n) is 7.46. The van der Waals surface area contributed by atoms with Gasteiger partial charge in [-0.25, -0.2) is 0 Å². The number of aromatic nitrogens is 4. The van der Waals surface area contributed by atoms with Gasteiger partial charge in [0.15, 0.2) is 5.82 Å². The van der Waals surface area contributed by atoms with E-state index >= 15 is 0 Å². The van der Waals surface area contributed by atoms with E-state index in [1.165, 1.54) is 5.57 Å². The summed E-state index contributed by atoms with van der Waals surface area (Å²) >= 11 is 0. The van der Waals surface area contributed by atoms with Gasteiger partial charge in [-0.3, -0.25) is 4.79 Å². The lowest BCUT2D eigenvalue weighted by Crippen LogP contribution is -2.41. The van der Waals surface area contributed by atoms with E-state index in [1.807, 2.05) is 4.90 Å². The van der Waals surface area contributed by atoms with E-state index in [0.717, 1.165) is 25.2 Å². The summed E-state index contributed by atoms with van der Waals surface area (Å²) < 4.78 is 0. The molecule has 120 valence electrons. The minimum Gasteiger partial charge on any atom is -0.342 e. The summed E-state index contributed by atoms with van der Waals surface area (Å²) in [6.45, 7) is 10.2. The van der Waals surface area contributed by atoms with Crippen molar-refractivity contribution >= 4 is 5.91 Å². The molecule has 3 rings (SSSR count). The Labute approximate surface area is 131 Å². The normalized spacial score (nSPS) is 30.0. The zero-order valence-electron chi connectivity index (χ0n) is 13.8. The number of hydrogen-bond donors (Lipinski definition) is 1. The molecule has 2 aliphatic rings. The predicted molar refractivity (Wildman–Crippen MR) is 82.9 cm³/mol. The summed E-state index contributed by atoms with van der Waals surface area (Å²) in [5.41, 5.74) is 1.37. The van der Waals surface area contributed by atoms with Crippen molar-refractivity contribution in [3.05, 3.63) is 17.5 Å². The molecule has 1 amide bonds. The highest BCUT2D eigenvalue weighted by atomic mass is 16.2. The molecule has 0 spiro atoms. The van der Waals surface area contributed by atoms with Gasteiger partial charge in [0, 0.05) is 19.0 Å². The number of amides is 1. The number of rotatable bonds is 3. The molecule has 0 bridgehead atoms. The van der Waals surface area contributed by atoms with E-state index in [1.54, 1.807) is 0 Å². The summed E-state index contributed by atoms with van der Waals surface area (Å²) in [6.07, 6.45) is 4.28. The quantitative estimate of drug-likeness (QED) is 0.868. The number of nitrogens with one attached hydrogen (secondary N) is 1. The van der Waals surface area contributed by atoms with Gasteiger partial charge in [0.2, 0.25) is 5.91 Å². The Morgan fingerprint density at radius 1 is 1.41 bits per heavy atom. The summed E-state index contributed by atoms with van der Waals surface area (Å²) in [6, 6.07) is 0. The molecular formula is C16H25N5O. The minimum absolute atomic E-state index is 0.0768. The average molecular weight is 303 g/mol. The molecule has 2 fully saturated rings. The first-order valence-electron chi connectivity index (χ1n) is 8.08. The van der Waals surface area contributed by atoms with Crippen LogP contribution in [-0.2, 0) is 4.79 Å². The lowest BCUT2D eigenvalue weighted by atomic mass is 9.96. The number of carbonyl (C=O) groups is 1. The van der Waals surface area contributed by atoms with Gasteiger partial charge < -0.3 is 4.90 Å². The van der Waals surface area contributed by atoms with Crippen LogP contribution in [0.1, 0.15) is 52.3 Å². The van der Waals surface area contributed by atoms with Crippen LogP contribution in [0.3, 0.4) is 0 Å². The maximum absolute atomic E-state index is 12.9. The van der Waals surface area contributed by atoms with Crippen molar-refractivity contribution in [3.8, 4) is 0 Å². The van der Waals surface area contributed by atoms with Gasteiger partial charge in [0.05, 0.1) is 5.92 Å². The number of aromatic amines is 1. The highest BCUT2D eigenvalue weighted by molar-refractivity contribution is 5.84. The fraction of sp³-hybridized carbons (Fsp3) is 0.750. The van der Waals surface area contributed by atoms with Gasteiger partial charge in [-0.05, 0) is 38.0 Å². The number of likely N-dealkylation sites (tertiary alicyclic amines) is 1. The molecule has 1 aliphatic heterocycles. The lowest BCUT2D eigenvalue weighted by molar-refractivity contribution is -0.134. The molecule has 22 heavy (non-hydrogen) atoms. The molecule has 1 aromatic heterocycles. The van der Waals surface area contributed by atoms with Crippen molar-refractivity contribution in [2.75, 3.05) is 13.1 Å². The molecule has 1 saturated heterocycles. The van der Waals surface area contributed by atoms with Crippen molar-refractivity contribution in [3.63, 3.8) is 0 Å². The van der Waals surface area contributed by atoms with Gasteiger partial charge in [-0.2, -0.15) is 5.21 Å². The number of nitrogens with zero attached hydrogens (tertiary/aromatic N) is 4. The summed E-state index contributed by atoms with van der Waals surface area (Å²) in [5, 5.41) is 14.3. The van der Waals surface area contributed by atoms with Crippen molar-refractivity contribution in [2.24, 2.45) is 17.3 Å². The van der Waals surface area contributed by atoms with Crippen LogP contribution in [0.5, 0.6) is 0 Å². The first-order valence-corrected chi connectivity index (χ1v) is 8.08. The van der Waals surface area contributed by atoms with Crippen LogP contribution in [0.15, 0.2) is 11.6 Å². The first-order chi connectivity index (χ1) is 10.4. The molecule has 6 nitrogen and oxygen atoms in total. The van der Waals surface area contributed by atoms with Crippen LogP contribution < -0.4 is 0 Å². The van der Waals surface area contributed by atoms with Crippen LogP contribution in [0.2, 0.25) is 0 Å². The monoisotopic (exact) mass is 303 g/mol. The third-order valence-corrected chi connectivity index (χ3v) is 5.15. The van der Waals surface area contributed by atoms with Crippen LogP contribution in [0.25, 0.3) is 0 Å². The molecule has 0 aromatic carbocycles. The maximum Gasteiger partial charge on any atom is 0.226 e. The number of hydrogen-bond acceptors (Lipinski definition) is 4. The molecule has 3 atom stereocenters. The van der Waals surface area contributed by atoms with Crippen molar-refractivity contribution in [2.45, 2.75) is 46.5 Å². The van der Waals surface area contributed by atoms with Crippen LogP contribution in [-0.4, -0.2) is 44.5 Å². The molecule has 1 N–H and O–H groups in total. The zero-order chi connectivity index (χ0) is 15.9. The molecule has 1 aliphatic carbocycles. The van der Waals surface area contributed by atoms with E-state index < -0.39 is 0 Å². The highest BCUT2D eigenvalue weighted by Crippen LogP contribution is 2.60. The van der Waals surface area contributed by atoms with Gasteiger partial charge in [0.25, 0.3) is 0 Å². The third-order valence-electron chi connectivity index (χ3n) is 5.15. The van der Waals surface area contributed by atoms with Gasteiger partial charge in [-0.1, -0.05) is 30.7 Å². The molecular weight excluding hydrogens is 278 g/mol. The summed E-state index contributed by atoms with van der Waals surface area (Å²) in [7, 11) is 0. The van der Waals surface area contributed by atoms with Gasteiger partial charge >= 0.3 is 0 Å². The maximum atomic E-state index is 12.9. The summed E-state index contributed by atoms with van der Waals surface area (Å²) in [4.78, 5) is 14.9. The standard InChI is InChI=1S/C16H25N5O/c1-10(2)8-12-13(16(12,3)4)15(22)21-7-5-6-11(9-21)14-17-19-20-18-14/h8,11-13H,5-7,9H2,1-4H3,(H,17,18,19,20). The molecule has 2 heterocycles. The molecule has 6 heteroatoms. The van der Waals surface area contributed by atoms with Crippen LogP contribution in [0, 0.1) is 17.3 Å². The first kappa shape index (κ1) is 15.2. The molecule has 3 unspecified atom stereocenters. The van der Waals surface area contributed by atoms with Crippen LogP contribution in [0.4, 0.5) is 0 Å². The highest BCUT2D eigenvalue weighted by Gasteiger charge is 2.61. The Bertz CT molecular complexity index is 573. The minimum atomic E-state index is 0.0768. The smallest absolute Gasteiger partial charge is 0.226 e. The molecule has 1 saturated carbocycles. The van der Waals surface area contributed by atoms with Gasteiger partial charge in [0.1, 0.15) is 0 Å². The van der Waals surface area contributed by atoms with Gasteiger partial charge in [-0.15, -0.1) is 10.2 Å². The zero-order valence-corrected chi connectivity index (χ0v) is 13.8. The lowest BCUT2D eigenvalue weighted by Gasteiger charge is -2.31. The number of H-pyrrole nitrogens is 1. The SMILES string of the molecule is CC(C)=CC1C(C(=O)N2CCCC(c3nn[nH]n3)C2)C1(C)C. The Balaban J connectivity index is 1.69.